The molecule has 1 amide bonds. The van der Waals surface area contributed by atoms with E-state index in [2.05, 4.69) is 9.71 Å². The van der Waals surface area contributed by atoms with Crippen molar-refractivity contribution >= 4 is 32.7 Å². The second-order valence-corrected chi connectivity index (χ2v) is 9.67. The normalized spacial score (nSPS) is 12.2. The Morgan fingerprint density at radius 3 is 2.32 bits per heavy atom. The summed E-state index contributed by atoms with van der Waals surface area (Å²) < 4.78 is 39.7. The average Bonchev–Trinajstić information content (AvgIpc) is 2.82. The summed E-state index contributed by atoms with van der Waals surface area (Å²) in [5, 5.41) is 1.46. The van der Waals surface area contributed by atoms with E-state index in [9.17, 15) is 13.2 Å². The van der Waals surface area contributed by atoms with Gasteiger partial charge in [0.25, 0.3) is 0 Å². The summed E-state index contributed by atoms with van der Waals surface area (Å²) in [5.74, 6) is 0.689. The summed E-state index contributed by atoms with van der Waals surface area (Å²) in [6.07, 6.45) is 2.44. The van der Waals surface area contributed by atoms with Gasteiger partial charge in [-0.15, -0.1) is 0 Å². The molecule has 0 saturated heterocycles. The minimum Gasteiger partial charge on any atom is -0.493 e. The van der Waals surface area contributed by atoms with E-state index in [0.717, 1.165) is 18.2 Å². The number of ether oxygens (including phenoxy) is 2. The van der Waals surface area contributed by atoms with Gasteiger partial charge in [-0.3, -0.25) is 9.79 Å². The van der Waals surface area contributed by atoms with Gasteiger partial charge in [0.1, 0.15) is 6.04 Å². The second kappa shape index (κ2) is 12.4. The number of rotatable bonds is 13. The Labute approximate surface area is 201 Å². The summed E-state index contributed by atoms with van der Waals surface area (Å²) in [6, 6.07) is 7.27. The number of amides is 1. The maximum absolute atomic E-state index is 13.2. The van der Waals surface area contributed by atoms with E-state index in [-0.39, 0.29) is 23.2 Å². The largest absolute Gasteiger partial charge is 0.493 e. The van der Waals surface area contributed by atoms with Crippen molar-refractivity contribution in [1.82, 2.24) is 9.62 Å². The lowest BCUT2D eigenvalue weighted by atomic mass is 10.1. The molecule has 0 radical (unpaired) electrons. The number of fused-ring (bicyclic) bond motifs is 1. The average molecular weight is 494 g/mol. The van der Waals surface area contributed by atoms with Crippen molar-refractivity contribution in [2.45, 2.75) is 43.5 Å². The molecule has 2 rings (SSSR count). The zero-order chi connectivity index (χ0) is 25.3. The SMILES string of the molecule is CCCCN(C)C(=O)[C@H](CCCN=C(N)N)NS(=O)(=O)c1ccc2cc(OC)c(OC)cc2c1. The molecule has 0 aliphatic heterocycles. The molecule has 0 heterocycles. The second-order valence-electron chi connectivity index (χ2n) is 7.95. The van der Waals surface area contributed by atoms with E-state index in [1.54, 1.807) is 36.2 Å². The minimum absolute atomic E-state index is 0.0467. The van der Waals surface area contributed by atoms with Gasteiger partial charge in [0.05, 0.1) is 19.1 Å². The number of unbranched alkanes of at least 4 members (excludes halogenated alkanes) is 1. The van der Waals surface area contributed by atoms with Crippen LogP contribution in [0.2, 0.25) is 0 Å². The first-order valence-electron chi connectivity index (χ1n) is 11.1. The van der Waals surface area contributed by atoms with Crippen molar-refractivity contribution in [3.05, 3.63) is 30.3 Å². The molecule has 188 valence electrons. The first-order valence-corrected chi connectivity index (χ1v) is 12.6. The number of methoxy groups -OCH3 is 2. The topological polar surface area (TPSA) is 149 Å². The summed E-state index contributed by atoms with van der Waals surface area (Å²) in [4.78, 5) is 18.6. The van der Waals surface area contributed by atoms with Crippen molar-refractivity contribution in [2.75, 3.05) is 34.4 Å². The van der Waals surface area contributed by atoms with Crippen molar-refractivity contribution in [2.24, 2.45) is 16.5 Å². The number of sulfonamides is 1. The Balaban J connectivity index is 2.32. The monoisotopic (exact) mass is 493 g/mol. The number of aliphatic imine (C=N–C) groups is 1. The lowest BCUT2D eigenvalue weighted by Gasteiger charge is -2.24. The van der Waals surface area contributed by atoms with E-state index >= 15 is 0 Å². The third-order valence-corrected chi connectivity index (χ3v) is 6.86. The van der Waals surface area contributed by atoms with Crippen LogP contribution in [-0.4, -0.2) is 65.6 Å². The summed E-state index contributed by atoms with van der Waals surface area (Å²) in [5.41, 5.74) is 10.7. The number of hydrogen-bond acceptors (Lipinski definition) is 6. The number of guanidine groups is 1. The third-order valence-electron chi connectivity index (χ3n) is 5.39. The van der Waals surface area contributed by atoms with Gasteiger partial charge in [0.15, 0.2) is 17.5 Å². The van der Waals surface area contributed by atoms with E-state index in [1.165, 1.54) is 20.3 Å². The predicted molar refractivity (Wildman–Crippen MR) is 134 cm³/mol. The van der Waals surface area contributed by atoms with Gasteiger partial charge in [-0.1, -0.05) is 19.4 Å². The van der Waals surface area contributed by atoms with Crippen LogP contribution in [-0.2, 0) is 14.8 Å². The smallest absolute Gasteiger partial charge is 0.241 e. The lowest BCUT2D eigenvalue weighted by molar-refractivity contribution is -0.131. The number of benzene rings is 2. The fraction of sp³-hybridized carbons (Fsp3) is 0.478. The Hall–Kier alpha value is -3.05. The van der Waals surface area contributed by atoms with Crippen molar-refractivity contribution in [1.29, 1.82) is 0 Å². The summed E-state index contributed by atoms with van der Waals surface area (Å²) in [6.45, 7) is 2.86. The zero-order valence-corrected chi connectivity index (χ0v) is 21.0. The first-order chi connectivity index (χ1) is 16.1. The molecule has 0 aliphatic carbocycles. The van der Waals surface area contributed by atoms with E-state index < -0.39 is 16.1 Å². The van der Waals surface area contributed by atoms with Crippen LogP contribution in [0.4, 0.5) is 0 Å². The van der Waals surface area contributed by atoms with Crippen molar-refractivity contribution < 1.29 is 22.7 Å². The van der Waals surface area contributed by atoms with Gasteiger partial charge < -0.3 is 25.8 Å². The number of hydrogen-bond donors (Lipinski definition) is 3. The van der Waals surface area contributed by atoms with Gasteiger partial charge in [-0.25, -0.2) is 8.42 Å². The molecule has 5 N–H and O–H groups in total. The molecule has 0 aromatic heterocycles. The number of nitrogens with zero attached hydrogens (tertiary/aromatic N) is 2. The number of carbonyl (C=O) groups excluding carboxylic acids is 1. The Bertz CT molecular complexity index is 1120. The fourth-order valence-corrected chi connectivity index (χ4v) is 4.74. The molecule has 10 nitrogen and oxygen atoms in total. The van der Waals surface area contributed by atoms with Gasteiger partial charge in [0.2, 0.25) is 15.9 Å². The van der Waals surface area contributed by atoms with Gasteiger partial charge >= 0.3 is 0 Å². The van der Waals surface area contributed by atoms with Crippen LogP contribution in [0.25, 0.3) is 10.8 Å². The number of likely N-dealkylation sites (N-methyl/N-ethyl adjacent to an activating group) is 1. The van der Waals surface area contributed by atoms with Crippen molar-refractivity contribution in [3.63, 3.8) is 0 Å². The highest BCUT2D eigenvalue weighted by Crippen LogP contribution is 2.33. The standard InChI is InChI=1S/C23H35N5O5S/c1-5-6-12-28(2)22(29)19(8-7-11-26-23(24)25)27-34(30,31)18-10-9-16-14-20(32-3)21(33-4)15-17(16)13-18/h9-10,13-15,19,27H,5-8,11-12H2,1-4H3,(H4,24,25,26)/t19-/m0/s1. The molecule has 0 fully saturated rings. The molecule has 0 bridgehead atoms. The molecular weight excluding hydrogens is 458 g/mol. The van der Waals surface area contributed by atoms with Crippen molar-refractivity contribution in [3.8, 4) is 11.5 Å². The summed E-state index contributed by atoms with van der Waals surface area (Å²) >= 11 is 0. The van der Waals surface area contributed by atoms with Gasteiger partial charge in [0, 0.05) is 20.1 Å². The van der Waals surface area contributed by atoms with Crippen LogP contribution >= 0.6 is 0 Å². The highest BCUT2D eigenvalue weighted by atomic mass is 32.2. The predicted octanol–water partition coefficient (Wildman–Crippen LogP) is 1.82. The molecule has 0 spiro atoms. The molecule has 34 heavy (non-hydrogen) atoms. The highest BCUT2D eigenvalue weighted by Gasteiger charge is 2.28. The van der Waals surface area contributed by atoms with Crippen LogP contribution in [0.15, 0.2) is 40.2 Å². The minimum atomic E-state index is -3.99. The Morgan fingerprint density at radius 1 is 1.09 bits per heavy atom. The Kier molecular flexibility index (Phi) is 9.94. The van der Waals surface area contributed by atoms with Gasteiger partial charge in [-0.05, 0) is 54.3 Å². The Morgan fingerprint density at radius 2 is 1.74 bits per heavy atom. The molecule has 0 aliphatic rings. The van der Waals surface area contributed by atoms with Crippen LogP contribution < -0.4 is 25.7 Å². The summed E-state index contributed by atoms with van der Waals surface area (Å²) in [7, 11) is 0.727. The number of nitrogens with two attached hydrogens (primary N) is 2. The first kappa shape index (κ1) is 27.2. The van der Waals surface area contributed by atoms with Crippen LogP contribution in [0.5, 0.6) is 11.5 Å². The van der Waals surface area contributed by atoms with Crippen LogP contribution in [0.3, 0.4) is 0 Å². The molecule has 1 atom stereocenters. The maximum atomic E-state index is 13.2. The van der Waals surface area contributed by atoms with Gasteiger partial charge in [-0.2, -0.15) is 4.72 Å². The molecule has 0 unspecified atom stereocenters. The van der Waals surface area contributed by atoms with Crippen LogP contribution in [0.1, 0.15) is 32.6 Å². The number of carbonyl (C=O) groups is 1. The molecule has 11 heteroatoms. The quantitative estimate of drug-likeness (QED) is 0.219. The van der Waals surface area contributed by atoms with Crippen LogP contribution in [0, 0.1) is 0 Å². The zero-order valence-electron chi connectivity index (χ0n) is 20.2. The fourth-order valence-electron chi connectivity index (χ4n) is 3.48. The maximum Gasteiger partial charge on any atom is 0.241 e. The third kappa shape index (κ3) is 7.22. The van der Waals surface area contributed by atoms with E-state index in [4.69, 9.17) is 20.9 Å². The molecule has 2 aromatic rings. The molecule has 2 aromatic carbocycles. The highest BCUT2D eigenvalue weighted by molar-refractivity contribution is 7.89. The van der Waals surface area contributed by atoms with E-state index in [1.807, 2.05) is 6.92 Å². The molecule has 0 saturated carbocycles. The lowest BCUT2D eigenvalue weighted by Crippen LogP contribution is -2.47. The molecular formula is C23H35N5O5S. The number of nitrogens with one attached hydrogen (secondary N) is 1. The van der Waals surface area contributed by atoms with E-state index in [0.29, 0.717) is 36.4 Å².